The van der Waals surface area contributed by atoms with Crippen LogP contribution in [0.1, 0.15) is 24.2 Å². The lowest BCUT2D eigenvalue weighted by molar-refractivity contribution is 0.0944. The molecule has 0 bridgehead atoms. The minimum Gasteiger partial charge on any atom is -0.493 e. The fraction of sp³-hybridized carbons (Fsp3) is 0.267. The molecule has 1 aromatic carbocycles. The topological polar surface area (TPSA) is 93.7 Å². The Bertz CT molecular complexity index is 865. The van der Waals surface area contributed by atoms with Gasteiger partial charge in [-0.1, -0.05) is 11.6 Å². The van der Waals surface area contributed by atoms with Crippen molar-refractivity contribution in [2.24, 2.45) is 0 Å². The molecule has 2 rings (SSSR count). The molecule has 0 saturated heterocycles. The molecular weight excluding hydrogens is 388 g/mol. The molecule has 1 amide bonds. The van der Waals surface area contributed by atoms with E-state index in [2.05, 4.69) is 5.43 Å². The highest BCUT2D eigenvalue weighted by atomic mass is 35.5. The third kappa shape index (κ3) is 5.08. The highest BCUT2D eigenvalue weighted by Crippen LogP contribution is 2.29. The summed E-state index contributed by atoms with van der Waals surface area (Å²) < 4.78 is 35.2. The minimum atomic E-state index is -3.89. The van der Waals surface area contributed by atoms with Gasteiger partial charge < -0.3 is 9.47 Å². The highest BCUT2D eigenvalue weighted by molar-refractivity contribution is 7.91. The van der Waals surface area contributed by atoms with E-state index in [1.54, 1.807) is 6.07 Å². The third-order valence-electron chi connectivity index (χ3n) is 2.90. The Morgan fingerprint density at radius 1 is 1.20 bits per heavy atom. The Hall–Kier alpha value is -1.81. The normalized spacial score (nSPS) is 11.4. The van der Waals surface area contributed by atoms with E-state index in [0.717, 1.165) is 11.3 Å². The van der Waals surface area contributed by atoms with Crippen LogP contribution in [0.2, 0.25) is 4.34 Å². The molecular formula is C15H17ClN2O5S2. The van der Waals surface area contributed by atoms with Gasteiger partial charge in [0.2, 0.25) is 0 Å². The number of methoxy groups -OCH3 is 1. The van der Waals surface area contributed by atoms with Crippen LogP contribution in [0.15, 0.2) is 34.5 Å². The second-order valence-electron chi connectivity index (χ2n) is 5.15. The van der Waals surface area contributed by atoms with Crippen LogP contribution in [0.25, 0.3) is 0 Å². The SMILES string of the molecule is COc1cc(C(=O)NNS(=O)(=O)c2ccc(Cl)s2)ccc1OC(C)C. The average molecular weight is 405 g/mol. The molecule has 2 N–H and O–H groups in total. The maximum Gasteiger partial charge on any atom is 0.266 e. The molecule has 0 radical (unpaired) electrons. The predicted octanol–water partition coefficient (Wildman–Crippen LogP) is 2.82. The van der Waals surface area contributed by atoms with Gasteiger partial charge in [-0.2, -0.15) is 0 Å². The van der Waals surface area contributed by atoms with E-state index in [0.29, 0.717) is 15.8 Å². The van der Waals surface area contributed by atoms with E-state index in [9.17, 15) is 13.2 Å². The van der Waals surface area contributed by atoms with Crippen LogP contribution in [0.4, 0.5) is 0 Å². The monoisotopic (exact) mass is 404 g/mol. The summed E-state index contributed by atoms with van der Waals surface area (Å²) in [7, 11) is -2.43. The molecule has 0 saturated carbocycles. The van der Waals surface area contributed by atoms with Gasteiger partial charge in [-0.25, -0.2) is 8.42 Å². The second-order valence-corrected chi connectivity index (χ2v) is 8.77. The van der Waals surface area contributed by atoms with Crippen molar-refractivity contribution < 1.29 is 22.7 Å². The number of benzene rings is 1. The summed E-state index contributed by atoms with van der Waals surface area (Å²) in [6, 6.07) is 7.36. The van der Waals surface area contributed by atoms with Crippen molar-refractivity contribution in [3.63, 3.8) is 0 Å². The number of sulfonamides is 1. The lowest BCUT2D eigenvalue weighted by Gasteiger charge is -2.14. The largest absolute Gasteiger partial charge is 0.493 e. The van der Waals surface area contributed by atoms with Gasteiger partial charge >= 0.3 is 0 Å². The summed E-state index contributed by atoms with van der Waals surface area (Å²) in [5.74, 6) is 0.220. The van der Waals surface area contributed by atoms with Gasteiger partial charge in [0.05, 0.1) is 17.6 Å². The van der Waals surface area contributed by atoms with Crippen LogP contribution >= 0.6 is 22.9 Å². The molecule has 0 atom stereocenters. The summed E-state index contributed by atoms with van der Waals surface area (Å²) in [6.45, 7) is 3.73. The van der Waals surface area contributed by atoms with Crippen LogP contribution < -0.4 is 19.7 Å². The number of rotatable bonds is 7. The number of ether oxygens (including phenoxy) is 2. The van der Waals surface area contributed by atoms with Crippen molar-refractivity contribution in [3.05, 3.63) is 40.2 Å². The Labute approximate surface area is 154 Å². The molecule has 0 spiro atoms. The van der Waals surface area contributed by atoms with Crippen molar-refractivity contribution in [1.29, 1.82) is 0 Å². The Morgan fingerprint density at radius 3 is 2.48 bits per heavy atom. The van der Waals surface area contributed by atoms with E-state index in [4.69, 9.17) is 21.1 Å². The second kappa shape index (κ2) is 8.05. The highest BCUT2D eigenvalue weighted by Gasteiger charge is 2.19. The fourth-order valence-electron chi connectivity index (χ4n) is 1.84. The molecule has 1 heterocycles. The van der Waals surface area contributed by atoms with Crippen molar-refractivity contribution >= 4 is 38.9 Å². The Morgan fingerprint density at radius 2 is 1.92 bits per heavy atom. The lowest BCUT2D eigenvalue weighted by Crippen LogP contribution is -2.41. The molecule has 0 aliphatic rings. The Balaban J connectivity index is 2.10. The molecule has 0 aliphatic carbocycles. The van der Waals surface area contributed by atoms with Crippen LogP contribution in [-0.2, 0) is 10.0 Å². The summed E-state index contributed by atoms with van der Waals surface area (Å²) >= 11 is 6.61. The first kappa shape index (κ1) is 19.5. The smallest absolute Gasteiger partial charge is 0.266 e. The van der Waals surface area contributed by atoms with E-state index < -0.39 is 15.9 Å². The summed E-state index contributed by atoms with van der Waals surface area (Å²) in [5.41, 5.74) is 2.36. The zero-order valence-corrected chi connectivity index (χ0v) is 16.1. The van der Waals surface area contributed by atoms with Gasteiger partial charge in [-0.05, 0) is 44.2 Å². The van der Waals surface area contributed by atoms with Gasteiger partial charge in [0.25, 0.3) is 15.9 Å². The number of hydrazine groups is 1. The molecule has 2 aromatic rings. The number of halogens is 1. The fourth-order valence-corrected chi connectivity index (χ4v) is 4.16. The predicted molar refractivity (Wildman–Crippen MR) is 95.9 cm³/mol. The van der Waals surface area contributed by atoms with E-state index in [1.165, 1.54) is 31.4 Å². The standard InChI is InChI=1S/C15H17ClN2O5S2/c1-9(2)23-11-5-4-10(8-12(11)22-3)15(19)17-18-25(20,21)14-7-6-13(16)24-14/h4-9,18H,1-3H3,(H,17,19). The quantitative estimate of drug-likeness (QED) is 0.692. The first-order chi connectivity index (χ1) is 11.7. The van der Waals surface area contributed by atoms with Gasteiger partial charge in [0.1, 0.15) is 4.21 Å². The van der Waals surface area contributed by atoms with Crippen molar-refractivity contribution in [2.75, 3.05) is 7.11 Å². The molecule has 0 fully saturated rings. The molecule has 10 heteroatoms. The number of nitrogens with one attached hydrogen (secondary N) is 2. The summed E-state index contributed by atoms with van der Waals surface area (Å²) in [6.07, 6.45) is -0.0574. The van der Waals surface area contributed by atoms with Gasteiger partial charge in [-0.3, -0.25) is 10.2 Å². The maximum atomic E-state index is 12.2. The van der Waals surface area contributed by atoms with Crippen LogP contribution in [0.3, 0.4) is 0 Å². The Kier molecular flexibility index (Phi) is 6.28. The third-order valence-corrected chi connectivity index (χ3v) is 5.87. The average Bonchev–Trinajstić information content (AvgIpc) is 3.00. The van der Waals surface area contributed by atoms with Crippen LogP contribution in [0.5, 0.6) is 11.5 Å². The molecule has 136 valence electrons. The number of hydrogen-bond donors (Lipinski definition) is 2. The zero-order chi connectivity index (χ0) is 18.6. The number of hydrogen-bond acceptors (Lipinski definition) is 6. The molecule has 7 nitrogen and oxygen atoms in total. The lowest BCUT2D eigenvalue weighted by atomic mass is 10.2. The number of carbonyl (C=O) groups is 1. The minimum absolute atomic E-state index is 0.00365. The van der Waals surface area contributed by atoms with Gasteiger partial charge in [-0.15, -0.1) is 16.2 Å². The van der Waals surface area contributed by atoms with Crippen molar-refractivity contribution in [1.82, 2.24) is 10.3 Å². The number of carbonyl (C=O) groups excluding carboxylic acids is 1. The summed E-state index contributed by atoms with van der Waals surface area (Å²) in [5, 5.41) is 0. The van der Waals surface area contributed by atoms with E-state index in [-0.39, 0.29) is 15.9 Å². The van der Waals surface area contributed by atoms with Gasteiger partial charge in [0.15, 0.2) is 11.5 Å². The first-order valence-electron chi connectivity index (χ1n) is 7.15. The molecule has 0 aliphatic heterocycles. The number of thiophene rings is 1. The summed E-state index contributed by atoms with van der Waals surface area (Å²) in [4.78, 5) is 14.2. The number of amides is 1. The van der Waals surface area contributed by atoms with Crippen LogP contribution in [-0.4, -0.2) is 27.5 Å². The first-order valence-corrected chi connectivity index (χ1v) is 9.83. The van der Waals surface area contributed by atoms with E-state index >= 15 is 0 Å². The van der Waals surface area contributed by atoms with Crippen LogP contribution in [0, 0.1) is 0 Å². The van der Waals surface area contributed by atoms with Crippen molar-refractivity contribution in [3.8, 4) is 11.5 Å². The molecule has 25 heavy (non-hydrogen) atoms. The zero-order valence-electron chi connectivity index (χ0n) is 13.7. The molecule has 1 aromatic heterocycles. The van der Waals surface area contributed by atoms with Gasteiger partial charge in [0, 0.05) is 5.56 Å². The maximum absolute atomic E-state index is 12.2. The van der Waals surface area contributed by atoms with E-state index in [1.807, 2.05) is 18.7 Å². The molecule has 0 unspecified atom stereocenters. The van der Waals surface area contributed by atoms with Crippen molar-refractivity contribution in [2.45, 2.75) is 24.2 Å².